The summed E-state index contributed by atoms with van der Waals surface area (Å²) in [4.78, 5) is 8.33. The third-order valence-corrected chi connectivity index (χ3v) is 2.94. The number of aryl methyl sites for hydroxylation is 1. The van der Waals surface area contributed by atoms with Crippen molar-refractivity contribution in [2.75, 3.05) is 0 Å². The Kier molecular flexibility index (Phi) is 1.62. The van der Waals surface area contributed by atoms with Crippen molar-refractivity contribution in [3.8, 4) is 0 Å². The van der Waals surface area contributed by atoms with E-state index < -0.39 is 0 Å². The number of rotatable bonds is 0. The van der Waals surface area contributed by atoms with E-state index in [0.29, 0.717) is 17.1 Å². The molecule has 3 heteroatoms. The summed E-state index contributed by atoms with van der Waals surface area (Å²) in [7, 11) is 0. The number of aromatic nitrogens is 2. The minimum Gasteiger partial charge on any atom is -0.223 e. The van der Waals surface area contributed by atoms with Gasteiger partial charge in [0.05, 0.1) is 5.69 Å². The van der Waals surface area contributed by atoms with Gasteiger partial charge in [0.2, 0.25) is 5.28 Å². The average Bonchev–Trinajstić information content (AvgIpc) is 2.02. The maximum atomic E-state index is 5.75. The van der Waals surface area contributed by atoms with Crippen molar-refractivity contribution >= 4 is 11.6 Å². The van der Waals surface area contributed by atoms with Crippen LogP contribution < -0.4 is 0 Å². The summed E-state index contributed by atoms with van der Waals surface area (Å²) in [5.41, 5.74) is 3.47. The normalized spacial score (nSPS) is 26.3. The van der Waals surface area contributed by atoms with Gasteiger partial charge in [0.1, 0.15) is 0 Å². The van der Waals surface area contributed by atoms with Crippen molar-refractivity contribution in [3.63, 3.8) is 0 Å². The Morgan fingerprint density at radius 2 is 1.83 bits per heavy atom. The molecule has 0 bridgehead atoms. The highest BCUT2D eigenvalue weighted by Gasteiger charge is 2.34. The van der Waals surface area contributed by atoms with Crippen molar-refractivity contribution in [2.45, 2.75) is 32.6 Å². The van der Waals surface area contributed by atoms with E-state index in [9.17, 15) is 0 Å². The molecule has 2 unspecified atom stereocenters. The van der Waals surface area contributed by atoms with Gasteiger partial charge < -0.3 is 0 Å². The van der Waals surface area contributed by atoms with Crippen molar-refractivity contribution in [1.29, 1.82) is 0 Å². The van der Waals surface area contributed by atoms with Crippen LogP contribution >= 0.6 is 11.6 Å². The Bertz CT molecular complexity index is 336. The molecule has 0 spiro atoms. The Labute approximate surface area is 77.0 Å². The lowest BCUT2D eigenvalue weighted by Crippen LogP contribution is -2.23. The number of halogens is 1. The minimum absolute atomic E-state index is 0.380. The molecule has 2 rings (SSSR count). The van der Waals surface area contributed by atoms with Crippen LogP contribution in [0, 0.1) is 6.92 Å². The fourth-order valence-electron chi connectivity index (χ4n) is 1.87. The van der Waals surface area contributed by atoms with E-state index >= 15 is 0 Å². The van der Waals surface area contributed by atoms with Crippen LogP contribution in [-0.2, 0) is 0 Å². The van der Waals surface area contributed by atoms with Crippen LogP contribution in [-0.4, -0.2) is 9.97 Å². The number of fused-ring (bicyclic) bond motifs is 1. The van der Waals surface area contributed by atoms with Crippen molar-refractivity contribution in [2.24, 2.45) is 0 Å². The lowest BCUT2D eigenvalue weighted by molar-refractivity contribution is 0.511. The Morgan fingerprint density at radius 1 is 1.17 bits per heavy atom. The molecule has 1 heterocycles. The molecule has 2 atom stereocenters. The highest BCUT2D eigenvalue weighted by molar-refractivity contribution is 6.28. The molecule has 1 aliphatic rings. The predicted octanol–water partition coefficient (Wildman–Crippen LogP) is 2.66. The fourth-order valence-corrected chi connectivity index (χ4v) is 2.09. The largest absolute Gasteiger partial charge is 0.223 e. The Balaban J connectivity index is 2.59. The molecule has 1 aliphatic carbocycles. The van der Waals surface area contributed by atoms with E-state index in [4.69, 9.17) is 11.6 Å². The zero-order valence-electron chi connectivity index (χ0n) is 7.43. The van der Waals surface area contributed by atoms with E-state index in [-0.39, 0.29) is 0 Å². The summed E-state index contributed by atoms with van der Waals surface area (Å²) >= 11 is 5.75. The Hall–Kier alpha value is -0.630. The van der Waals surface area contributed by atoms with Gasteiger partial charge in [-0.2, -0.15) is 0 Å². The summed E-state index contributed by atoms with van der Waals surface area (Å²) in [6.07, 6.45) is 0. The highest BCUT2D eigenvalue weighted by atomic mass is 35.5. The van der Waals surface area contributed by atoms with Gasteiger partial charge in [-0.15, -0.1) is 0 Å². The molecule has 0 fully saturated rings. The second-order valence-corrected chi connectivity index (χ2v) is 3.79. The molecule has 64 valence electrons. The maximum absolute atomic E-state index is 5.75. The van der Waals surface area contributed by atoms with E-state index in [1.165, 1.54) is 5.56 Å². The maximum Gasteiger partial charge on any atom is 0.222 e. The molecule has 0 aliphatic heterocycles. The van der Waals surface area contributed by atoms with Crippen molar-refractivity contribution in [3.05, 3.63) is 22.2 Å². The van der Waals surface area contributed by atoms with Crippen molar-refractivity contribution < 1.29 is 0 Å². The molecule has 12 heavy (non-hydrogen) atoms. The van der Waals surface area contributed by atoms with Crippen LogP contribution in [0.15, 0.2) is 0 Å². The monoisotopic (exact) mass is 182 g/mol. The first kappa shape index (κ1) is 7.99. The summed E-state index contributed by atoms with van der Waals surface area (Å²) < 4.78 is 0. The molecule has 0 radical (unpaired) electrons. The topological polar surface area (TPSA) is 25.8 Å². The van der Waals surface area contributed by atoms with Crippen LogP contribution in [0.5, 0.6) is 0 Å². The molecular formula is C9H11ClN2. The third kappa shape index (κ3) is 0.876. The first-order valence-corrected chi connectivity index (χ1v) is 4.53. The molecule has 0 aromatic carbocycles. The summed E-state index contributed by atoms with van der Waals surface area (Å²) in [5.74, 6) is 1.14. The molecule has 0 amide bonds. The fraction of sp³-hybridized carbons (Fsp3) is 0.556. The molecule has 1 aromatic rings. The lowest BCUT2D eigenvalue weighted by Gasteiger charge is -2.34. The van der Waals surface area contributed by atoms with Gasteiger partial charge in [-0.1, -0.05) is 13.8 Å². The number of hydrogen-bond donors (Lipinski definition) is 0. The third-order valence-electron chi connectivity index (χ3n) is 2.78. The summed E-state index contributed by atoms with van der Waals surface area (Å²) in [6.45, 7) is 6.38. The molecular weight excluding hydrogens is 172 g/mol. The second-order valence-electron chi connectivity index (χ2n) is 3.45. The van der Waals surface area contributed by atoms with E-state index in [1.54, 1.807) is 0 Å². The van der Waals surface area contributed by atoms with E-state index in [0.717, 1.165) is 11.4 Å². The molecule has 2 nitrogen and oxygen atoms in total. The SMILES string of the molecule is Cc1nc(Cl)nc2c1C(C)C2C. The van der Waals surface area contributed by atoms with Gasteiger partial charge in [-0.05, 0) is 30.0 Å². The smallest absolute Gasteiger partial charge is 0.222 e. The highest BCUT2D eigenvalue weighted by Crippen LogP contribution is 2.45. The van der Waals surface area contributed by atoms with Crippen LogP contribution in [0.2, 0.25) is 5.28 Å². The predicted molar refractivity (Wildman–Crippen MR) is 48.6 cm³/mol. The first-order valence-electron chi connectivity index (χ1n) is 4.15. The molecule has 1 aromatic heterocycles. The van der Waals surface area contributed by atoms with Gasteiger partial charge in [-0.3, -0.25) is 0 Å². The molecule has 0 saturated carbocycles. The zero-order valence-corrected chi connectivity index (χ0v) is 8.18. The number of nitrogens with zero attached hydrogens (tertiary/aromatic N) is 2. The minimum atomic E-state index is 0.380. The lowest BCUT2D eigenvalue weighted by atomic mass is 9.73. The van der Waals surface area contributed by atoms with Crippen LogP contribution in [0.25, 0.3) is 0 Å². The van der Waals surface area contributed by atoms with Gasteiger partial charge in [-0.25, -0.2) is 9.97 Å². The van der Waals surface area contributed by atoms with Gasteiger partial charge in [0.15, 0.2) is 0 Å². The van der Waals surface area contributed by atoms with E-state index in [1.807, 2.05) is 6.92 Å². The van der Waals surface area contributed by atoms with E-state index in [2.05, 4.69) is 23.8 Å². The quantitative estimate of drug-likeness (QED) is 0.577. The summed E-state index contributed by atoms with van der Waals surface area (Å²) in [6, 6.07) is 0. The van der Waals surface area contributed by atoms with Gasteiger partial charge in [0, 0.05) is 11.6 Å². The van der Waals surface area contributed by atoms with Gasteiger partial charge in [0.25, 0.3) is 0 Å². The van der Waals surface area contributed by atoms with Crippen LogP contribution in [0.3, 0.4) is 0 Å². The summed E-state index contributed by atoms with van der Waals surface area (Å²) in [5, 5.41) is 0.380. The molecule has 0 N–H and O–H groups in total. The molecule has 0 saturated heterocycles. The average molecular weight is 183 g/mol. The van der Waals surface area contributed by atoms with Crippen molar-refractivity contribution in [1.82, 2.24) is 9.97 Å². The first-order chi connectivity index (χ1) is 5.61. The van der Waals surface area contributed by atoms with Crippen LogP contribution in [0.1, 0.15) is 42.6 Å². The van der Waals surface area contributed by atoms with Gasteiger partial charge >= 0.3 is 0 Å². The standard InChI is InChI=1S/C9H11ClN2/c1-4-5(2)8-7(4)6(3)11-9(10)12-8/h4-5H,1-3H3. The second kappa shape index (κ2) is 2.43. The Morgan fingerprint density at radius 3 is 2.50 bits per heavy atom. The van der Waals surface area contributed by atoms with Crippen LogP contribution in [0.4, 0.5) is 0 Å². The zero-order chi connectivity index (χ0) is 8.88. The number of hydrogen-bond acceptors (Lipinski definition) is 2.